The minimum atomic E-state index is -3.47. The van der Waals surface area contributed by atoms with E-state index in [9.17, 15) is 8.42 Å². The molecular weight excluding hydrogens is 340 g/mol. The molecule has 0 amide bonds. The largest absolute Gasteiger partial charge is 0.316 e. The van der Waals surface area contributed by atoms with Crippen LogP contribution in [-0.2, 0) is 16.6 Å². The Kier molecular flexibility index (Phi) is 5.01. The summed E-state index contributed by atoms with van der Waals surface area (Å²) < 4.78 is 27.6. The fourth-order valence-corrected chi connectivity index (χ4v) is 4.87. The Bertz CT molecular complexity index is 597. The van der Waals surface area contributed by atoms with Crippen LogP contribution in [0.3, 0.4) is 0 Å². The summed E-state index contributed by atoms with van der Waals surface area (Å²) in [4.78, 5) is 0.325. The van der Waals surface area contributed by atoms with E-state index in [2.05, 4.69) is 27.8 Å². The summed E-state index contributed by atoms with van der Waals surface area (Å²) in [6, 6.07) is 5.49. The van der Waals surface area contributed by atoms with Gasteiger partial charge in [-0.2, -0.15) is 4.31 Å². The molecule has 0 heterocycles. The monoisotopic (exact) mass is 358 g/mol. The Hall–Kier alpha value is -0.690. The second-order valence-electron chi connectivity index (χ2n) is 4.89. The van der Waals surface area contributed by atoms with Gasteiger partial charge < -0.3 is 5.32 Å². The zero-order valence-electron chi connectivity index (χ0n) is 11.5. The highest BCUT2D eigenvalue weighted by Crippen LogP contribution is 2.34. The lowest BCUT2D eigenvalue weighted by Gasteiger charge is -2.21. The summed E-state index contributed by atoms with van der Waals surface area (Å²) in [6.07, 6.45) is 3.50. The maximum absolute atomic E-state index is 12.7. The second kappa shape index (κ2) is 6.39. The highest BCUT2D eigenvalue weighted by atomic mass is 79.9. The molecule has 1 aromatic rings. The number of hydrogen-bond donors (Lipinski definition) is 1. The van der Waals surface area contributed by atoms with Crippen LogP contribution in [0.5, 0.6) is 0 Å². The van der Waals surface area contributed by atoms with E-state index >= 15 is 0 Å². The standard InChI is InChI=1S/C14H19BrN2O2S/c1-3-8-17(12-5-6-12)20(18,19)14-7-4-11(10-16-2)9-13(14)15/h3-4,7,9,12,16H,1,5-6,8,10H2,2H3. The van der Waals surface area contributed by atoms with Gasteiger partial charge in [0.2, 0.25) is 10.0 Å². The smallest absolute Gasteiger partial charge is 0.244 e. The van der Waals surface area contributed by atoms with Gasteiger partial charge in [-0.25, -0.2) is 8.42 Å². The molecule has 2 rings (SSSR count). The van der Waals surface area contributed by atoms with Gasteiger partial charge in [0.1, 0.15) is 0 Å². The van der Waals surface area contributed by atoms with E-state index in [-0.39, 0.29) is 6.04 Å². The van der Waals surface area contributed by atoms with Crippen molar-refractivity contribution in [3.63, 3.8) is 0 Å². The molecule has 0 unspecified atom stereocenters. The third-order valence-electron chi connectivity index (χ3n) is 3.23. The van der Waals surface area contributed by atoms with Crippen molar-refractivity contribution in [3.8, 4) is 0 Å². The van der Waals surface area contributed by atoms with E-state index in [0.29, 0.717) is 22.5 Å². The summed E-state index contributed by atoms with van der Waals surface area (Å²) >= 11 is 3.38. The Morgan fingerprint density at radius 1 is 1.50 bits per heavy atom. The lowest BCUT2D eigenvalue weighted by molar-refractivity contribution is 0.435. The lowest BCUT2D eigenvalue weighted by Crippen LogP contribution is -2.33. The predicted octanol–water partition coefficient (Wildman–Crippen LogP) is 2.51. The average Bonchev–Trinajstić information content (AvgIpc) is 3.20. The van der Waals surface area contributed by atoms with Crippen LogP contribution < -0.4 is 5.32 Å². The summed E-state index contributed by atoms with van der Waals surface area (Å²) in [6.45, 7) is 4.72. The normalized spacial score (nSPS) is 15.6. The number of sulfonamides is 1. The molecule has 110 valence electrons. The molecule has 0 radical (unpaired) electrons. The summed E-state index contributed by atoms with van der Waals surface area (Å²) in [7, 11) is -1.61. The molecule has 0 aliphatic heterocycles. The van der Waals surface area contributed by atoms with E-state index in [4.69, 9.17) is 0 Å². The molecule has 0 bridgehead atoms. The lowest BCUT2D eigenvalue weighted by atomic mass is 10.2. The number of benzene rings is 1. The summed E-state index contributed by atoms with van der Waals surface area (Å²) in [5.74, 6) is 0. The van der Waals surface area contributed by atoms with E-state index in [1.807, 2.05) is 19.2 Å². The SMILES string of the molecule is C=CCN(C1CC1)S(=O)(=O)c1ccc(CNC)cc1Br. The highest BCUT2D eigenvalue weighted by Gasteiger charge is 2.37. The van der Waals surface area contributed by atoms with Crippen molar-refractivity contribution in [1.82, 2.24) is 9.62 Å². The van der Waals surface area contributed by atoms with Gasteiger partial charge in [0.15, 0.2) is 0 Å². The third-order valence-corrected chi connectivity index (χ3v) is 6.12. The molecule has 0 saturated heterocycles. The van der Waals surface area contributed by atoms with E-state index in [0.717, 1.165) is 18.4 Å². The summed E-state index contributed by atoms with van der Waals surface area (Å²) in [5, 5.41) is 3.05. The van der Waals surface area contributed by atoms with E-state index in [1.54, 1.807) is 12.1 Å². The fourth-order valence-electron chi connectivity index (χ4n) is 2.13. The number of halogens is 1. The minimum Gasteiger partial charge on any atom is -0.316 e. The first-order valence-electron chi connectivity index (χ1n) is 6.56. The highest BCUT2D eigenvalue weighted by molar-refractivity contribution is 9.10. The number of rotatable bonds is 7. The van der Waals surface area contributed by atoms with Crippen molar-refractivity contribution in [2.24, 2.45) is 0 Å². The molecule has 20 heavy (non-hydrogen) atoms. The third kappa shape index (κ3) is 3.31. The van der Waals surface area contributed by atoms with Crippen LogP contribution in [0.25, 0.3) is 0 Å². The van der Waals surface area contributed by atoms with Crippen LogP contribution in [-0.4, -0.2) is 32.4 Å². The van der Waals surface area contributed by atoms with Crippen molar-refractivity contribution in [2.75, 3.05) is 13.6 Å². The molecule has 1 aromatic carbocycles. The van der Waals surface area contributed by atoms with Crippen LogP contribution in [0.1, 0.15) is 18.4 Å². The maximum atomic E-state index is 12.7. The quantitative estimate of drug-likeness (QED) is 0.761. The van der Waals surface area contributed by atoms with Crippen molar-refractivity contribution < 1.29 is 8.42 Å². The maximum Gasteiger partial charge on any atom is 0.244 e. The van der Waals surface area contributed by atoms with Gasteiger partial charge in [0, 0.05) is 23.6 Å². The van der Waals surface area contributed by atoms with Crippen LogP contribution in [0.2, 0.25) is 0 Å². The number of nitrogens with zero attached hydrogens (tertiary/aromatic N) is 1. The molecule has 1 aliphatic carbocycles. The van der Waals surface area contributed by atoms with Crippen LogP contribution in [0, 0.1) is 0 Å². The predicted molar refractivity (Wildman–Crippen MR) is 84.0 cm³/mol. The number of nitrogens with one attached hydrogen (secondary N) is 1. The Morgan fingerprint density at radius 2 is 2.20 bits per heavy atom. The van der Waals surface area contributed by atoms with Crippen molar-refractivity contribution >= 4 is 26.0 Å². The first-order valence-corrected chi connectivity index (χ1v) is 8.79. The van der Waals surface area contributed by atoms with Crippen molar-refractivity contribution in [2.45, 2.75) is 30.3 Å². The van der Waals surface area contributed by atoms with E-state index in [1.165, 1.54) is 4.31 Å². The zero-order chi connectivity index (χ0) is 14.8. The Labute approximate surface area is 129 Å². The fraction of sp³-hybridized carbons (Fsp3) is 0.429. The van der Waals surface area contributed by atoms with Gasteiger partial charge >= 0.3 is 0 Å². The molecule has 1 aliphatic rings. The average molecular weight is 359 g/mol. The van der Waals surface area contributed by atoms with Gasteiger partial charge in [-0.15, -0.1) is 6.58 Å². The molecular formula is C14H19BrN2O2S. The molecule has 6 heteroatoms. The summed E-state index contributed by atoms with van der Waals surface area (Å²) in [5.41, 5.74) is 1.04. The van der Waals surface area contributed by atoms with Gasteiger partial charge in [-0.05, 0) is 53.5 Å². The van der Waals surface area contributed by atoms with Crippen molar-refractivity contribution in [1.29, 1.82) is 0 Å². The van der Waals surface area contributed by atoms with Gasteiger partial charge in [-0.3, -0.25) is 0 Å². The van der Waals surface area contributed by atoms with E-state index < -0.39 is 10.0 Å². The van der Waals surface area contributed by atoms with Crippen LogP contribution >= 0.6 is 15.9 Å². The molecule has 1 fully saturated rings. The Morgan fingerprint density at radius 3 is 2.70 bits per heavy atom. The zero-order valence-corrected chi connectivity index (χ0v) is 13.9. The van der Waals surface area contributed by atoms with Gasteiger partial charge in [-0.1, -0.05) is 12.1 Å². The van der Waals surface area contributed by atoms with Crippen LogP contribution in [0.15, 0.2) is 40.2 Å². The molecule has 0 atom stereocenters. The minimum absolute atomic E-state index is 0.127. The molecule has 1 N–H and O–H groups in total. The number of hydrogen-bond acceptors (Lipinski definition) is 3. The topological polar surface area (TPSA) is 49.4 Å². The molecule has 0 aromatic heterocycles. The van der Waals surface area contributed by atoms with Crippen LogP contribution in [0.4, 0.5) is 0 Å². The van der Waals surface area contributed by atoms with Gasteiger partial charge in [0.25, 0.3) is 0 Å². The first kappa shape index (κ1) is 15.7. The molecule has 1 saturated carbocycles. The van der Waals surface area contributed by atoms with Gasteiger partial charge in [0.05, 0.1) is 4.90 Å². The Balaban J connectivity index is 2.35. The second-order valence-corrected chi connectivity index (χ2v) is 7.60. The molecule has 0 spiro atoms. The first-order chi connectivity index (χ1) is 9.50. The van der Waals surface area contributed by atoms with Crippen molar-refractivity contribution in [3.05, 3.63) is 40.9 Å². The molecule has 4 nitrogen and oxygen atoms in total.